The molecule has 2 aromatic rings. The minimum absolute atomic E-state index is 0.0789. The first kappa shape index (κ1) is 26.4. The summed E-state index contributed by atoms with van der Waals surface area (Å²) in [5.74, 6) is -2.46. The molecule has 3 amide bonds. The summed E-state index contributed by atoms with van der Waals surface area (Å²) in [5.41, 5.74) is 0.0861. The third kappa shape index (κ3) is 6.59. The molecule has 0 bridgehead atoms. The van der Waals surface area contributed by atoms with Crippen LogP contribution in [0.2, 0.25) is 0 Å². The van der Waals surface area contributed by atoms with Crippen LogP contribution in [-0.4, -0.2) is 47.5 Å². The number of anilines is 1. The van der Waals surface area contributed by atoms with Gasteiger partial charge in [0.15, 0.2) is 0 Å². The Kier molecular flexibility index (Phi) is 8.82. The van der Waals surface area contributed by atoms with Crippen LogP contribution in [0.3, 0.4) is 0 Å². The molecule has 0 aliphatic carbocycles. The second kappa shape index (κ2) is 11.3. The molecule has 0 saturated carbocycles. The lowest BCUT2D eigenvalue weighted by atomic mass is 9.93. The maximum atomic E-state index is 12.5. The molecule has 180 valence electrons. The van der Waals surface area contributed by atoms with E-state index in [-0.39, 0.29) is 29.6 Å². The van der Waals surface area contributed by atoms with Gasteiger partial charge in [0, 0.05) is 16.6 Å². The van der Waals surface area contributed by atoms with Crippen molar-refractivity contribution in [2.75, 3.05) is 19.0 Å². The third-order valence-corrected chi connectivity index (χ3v) is 5.51. The van der Waals surface area contributed by atoms with Gasteiger partial charge in [0.25, 0.3) is 11.8 Å². The van der Waals surface area contributed by atoms with E-state index in [2.05, 4.69) is 32.3 Å². The number of rotatable bonds is 9. The number of nitrogens with zero attached hydrogens (tertiary/aromatic N) is 1. The first-order valence-electron chi connectivity index (χ1n) is 10.1. The number of carbonyl (C=O) groups excluding carboxylic acids is 4. The largest absolute Gasteiger partial charge is 0.464 e. The van der Waals surface area contributed by atoms with Gasteiger partial charge in [-0.15, -0.1) is 11.3 Å². The van der Waals surface area contributed by atoms with E-state index in [4.69, 9.17) is 0 Å². The predicted octanol–water partition coefficient (Wildman–Crippen LogP) is 2.20. The normalized spacial score (nSPS) is 11.4. The predicted molar refractivity (Wildman–Crippen MR) is 128 cm³/mol. The number of hydrogen-bond acceptors (Lipinski definition) is 8. The van der Waals surface area contributed by atoms with Gasteiger partial charge in [-0.25, -0.2) is 9.78 Å². The first-order valence-corrected chi connectivity index (χ1v) is 10.9. The van der Waals surface area contributed by atoms with E-state index in [0.29, 0.717) is 10.7 Å². The Morgan fingerprint density at radius 3 is 2.38 bits per heavy atom. The van der Waals surface area contributed by atoms with Crippen molar-refractivity contribution in [1.29, 1.82) is 0 Å². The summed E-state index contributed by atoms with van der Waals surface area (Å²) in [6.07, 6.45) is 1.36. The minimum atomic E-state index is -0.912. The molecule has 34 heavy (non-hydrogen) atoms. The smallest absolute Gasteiger partial charge is 0.354 e. The van der Waals surface area contributed by atoms with Crippen LogP contribution in [0.25, 0.3) is 10.6 Å². The maximum absolute atomic E-state index is 12.5. The number of aliphatic hydroxyl groups is 1. The molecule has 0 spiro atoms. The van der Waals surface area contributed by atoms with E-state index in [1.807, 2.05) is 0 Å². The highest BCUT2D eigenvalue weighted by atomic mass is 32.1. The van der Waals surface area contributed by atoms with Gasteiger partial charge in [0.1, 0.15) is 16.4 Å². The van der Waals surface area contributed by atoms with Gasteiger partial charge in [0.2, 0.25) is 5.91 Å². The topological polar surface area (TPSA) is 147 Å². The lowest BCUT2D eigenvalue weighted by molar-refractivity contribution is -0.137. The molecule has 10 nitrogen and oxygen atoms in total. The molecule has 0 aliphatic heterocycles. The molecule has 0 aliphatic rings. The van der Waals surface area contributed by atoms with E-state index in [0.717, 1.165) is 5.56 Å². The number of methoxy groups -OCH3 is 1. The summed E-state index contributed by atoms with van der Waals surface area (Å²) >= 11 is 1.22. The number of amides is 3. The Bertz CT molecular complexity index is 1130. The van der Waals surface area contributed by atoms with E-state index in [9.17, 15) is 24.3 Å². The van der Waals surface area contributed by atoms with Crippen molar-refractivity contribution >= 4 is 40.7 Å². The second-order valence-corrected chi connectivity index (χ2v) is 8.55. The SMILES string of the molecule is C=C(NC(=O)c1csc(-c2ccc(NC(=O)C(C)(C)CO)cc2)n1)C(=O)N/C(=C\C)C(=O)OC. The molecular weight excluding hydrogens is 460 g/mol. The van der Waals surface area contributed by atoms with Crippen LogP contribution >= 0.6 is 11.3 Å². The number of aromatic nitrogens is 1. The Morgan fingerprint density at radius 1 is 1.18 bits per heavy atom. The van der Waals surface area contributed by atoms with E-state index in [1.54, 1.807) is 45.0 Å². The van der Waals surface area contributed by atoms with Crippen molar-refractivity contribution in [3.8, 4) is 10.6 Å². The van der Waals surface area contributed by atoms with Crippen molar-refractivity contribution in [2.45, 2.75) is 20.8 Å². The number of benzene rings is 1. The zero-order valence-corrected chi connectivity index (χ0v) is 20.0. The average molecular weight is 487 g/mol. The number of aliphatic hydroxyl groups excluding tert-OH is 1. The standard InChI is InChI=1S/C23H26N4O6S/c1-6-16(21(31)33-5)26-18(29)13(2)24-19(30)17-11-34-20(27-17)14-7-9-15(10-8-14)25-22(32)23(3,4)12-28/h6-11,28H,2,12H2,1,3-5H3,(H,24,30)(H,25,32)(H,26,29)/b16-6-. The fourth-order valence-electron chi connectivity index (χ4n) is 2.39. The summed E-state index contributed by atoms with van der Waals surface area (Å²) < 4.78 is 4.55. The summed E-state index contributed by atoms with van der Waals surface area (Å²) in [4.78, 5) is 52.7. The fourth-order valence-corrected chi connectivity index (χ4v) is 3.19. The highest BCUT2D eigenvalue weighted by Crippen LogP contribution is 2.26. The number of thiazole rings is 1. The van der Waals surface area contributed by atoms with E-state index >= 15 is 0 Å². The number of esters is 1. The molecule has 1 aromatic heterocycles. The van der Waals surface area contributed by atoms with E-state index in [1.165, 1.54) is 29.9 Å². The van der Waals surface area contributed by atoms with Crippen LogP contribution < -0.4 is 16.0 Å². The Morgan fingerprint density at radius 2 is 1.82 bits per heavy atom. The fraction of sp³-hybridized carbons (Fsp3) is 0.261. The second-order valence-electron chi connectivity index (χ2n) is 7.69. The number of hydrogen-bond donors (Lipinski definition) is 4. The van der Waals surface area contributed by atoms with Gasteiger partial charge in [0.05, 0.1) is 24.8 Å². The Balaban J connectivity index is 2.02. The molecule has 0 atom stereocenters. The molecule has 0 fully saturated rings. The molecular formula is C23H26N4O6S. The number of carbonyl (C=O) groups is 4. The van der Waals surface area contributed by atoms with Crippen molar-refractivity contribution < 1.29 is 29.0 Å². The number of ether oxygens (including phenoxy) is 1. The van der Waals surface area contributed by atoms with Crippen molar-refractivity contribution in [3.63, 3.8) is 0 Å². The van der Waals surface area contributed by atoms with Crippen LogP contribution in [0.15, 0.2) is 53.7 Å². The Hall–Kier alpha value is -3.83. The zero-order chi connectivity index (χ0) is 25.5. The average Bonchev–Trinajstić information content (AvgIpc) is 3.32. The number of allylic oxidation sites excluding steroid dienone is 1. The molecule has 0 radical (unpaired) electrons. The quantitative estimate of drug-likeness (QED) is 0.314. The molecule has 11 heteroatoms. The highest BCUT2D eigenvalue weighted by molar-refractivity contribution is 7.13. The zero-order valence-electron chi connectivity index (χ0n) is 19.2. The van der Waals surface area contributed by atoms with Gasteiger partial charge in [-0.05, 0) is 45.0 Å². The first-order chi connectivity index (χ1) is 16.0. The molecule has 4 N–H and O–H groups in total. The summed E-state index contributed by atoms with van der Waals surface area (Å²) in [6.45, 7) is 8.05. The van der Waals surface area contributed by atoms with Crippen LogP contribution in [0.5, 0.6) is 0 Å². The summed E-state index contributed by atoms with van der Waals surface area (Å²) in [7, 11) is 1.18. The monoisotopic (exact) mass is 486 g/mol. The van der Waals surface area contributed by atoms with Crippen LogP contribution in [0, 0.1) is 5.41 Å². The van der Waals surface area contributed by atoms with Crippen LogP contribution in [-0.2, 0) is 19.1 Å². The van der Waals surface area contributed by atoms with Gasteiger partial charge in [-0.2, -0.15) is 0 Å². The summed E-state index contributed by atoms with van der Waals surface area (Å²) in [6, 6.07) is 6.85. The van der Waals surface area contributed by atoms with Gasteiger partial charge in [-0.3, -0.25) is 14.4 Å². The van der Waals surface area contributed by atoms with Crippen molar-refractivity contribution in [3.05, 3.63) is 59.4 Å². The van der Waals surface area contributed by atoms with Gasteiger partial charge in [-0.1, -0.05) is 12.7 Å². The van der Waals surface area contributed by atoms with Crippen LogP contribution in [0.4, 0.5) is 5.69 Å². The third-order valence-electron chi connectivity index (χ3n) is 4.62. The van der Waals surface area contributed by atoms with Crippen molar-refractivity contribution in [1.82, 2.24) is 15.6 Å². The number of nitrogens with one attached hydrogen (secondary N) is 3. The Labute approximate surface area is 200 Å². The molecule has 1 heterocycles. The maximum Gasteiger partial charge on any atom is 0.354 e. The lowest BCUT2D eigenvalue weighted by Crippen LogP contribution is -2.36. The van der Waals surface area contributed by atoms with E-state index < -0.39 is 23.2 Å². The van der Waals surface area contributed by atoms with Crippen molar-refractivity contribution in [2.24, 2.45) is 5.41 Å². The lowest BCUT2D eigenvalue weighted by Gasteiger charge is -2.20. The summed E-state index contributed by atoms with van der Waals surface area (Å²) in [5, 5.41) is 18.8. The highest BCUT2D eigenvalue weighted by Gasteiger charge is 2.26. The molecule has 0 unspecified atom stereocenters. The molecule has 2 rings (SSSR count). The van der Waals surface area contributed by atoms with Crippen LogP contribution in [0.1, 0.15) is 31.3 Å². The van der Waals surface area contributed by atoms with Gasteiger partial charge < -0.3 is 25.8 Å². The molecule has 1 aromatic carbocycles. The molecule has 0 saturated heterocycles. The van der Waals surface area contributed by atoms with Gasteiger partial charge >= 0.3 is 5.97 Å². The minimum Gasteiger partial charge on any atom is -0.464 e.